The highest BCUT2D eigenvalue weighted by molar-refractivity contribution is 5.02. The number of hydrogen-bond acceptors (Lipinski definition) is 3. The van der Waals surface area contributed by atoms with E-state index in [1.165, 1.54) is 19.3 Å². The Morgan fingerprint density at radius 2 is 2.44 bits per heavy atom. The topological polar surface area (TPSA) is 55.9 Å². The third-order valence-corrected chi connectivity index (χ3v) is 3.75. The highest BCUT2D eigenvalue weighted by Gasteiger charge is 2.31. The van der Waals surface area contributed by atoms with Crippen molar-refractivity contribution in [1.29, 1.82) is 0 Å². The summed E-state index contributed by atoms with van der Waals surface area (Å²) in [5.41, 5.74) is 2.96. The molecule has 4 nitrogen and oxygen atoms in total. The van der Waals surface area contributed by atoms with Gasteiger partial charge in [-0.3, -0.25) is 5.84 Å². The van der Waals surface area contributed by atoms with Crippen LogP contribution in [0.25, 0.3) is 0 Å². The van der Waals surface area contributed by atoms with Crippen LogP contribution in [0.1, 0.15) is 45.0 Å². The van der Waals surface area contributed by atoms with E-state index < -0.39 is 0 Å². The summed E-state index contributed by atoms with van der Waals surface area (Å²) in [6.07, 6.45) is 7.72. The largest absolute Gasteiger partial charge is 0.334 e. The van der Waals surface area contributed by atoms with Crippen molar-refractivity contribution in [2.24, 2.45) is 17.7 Å². The van der Waals surface area contributed by atoms with E-state index in [9.17, 15) is 0 Å². The lowest BCUT2D eigenvalue weighted by Gasteiger charge is -2.23. The van der Waals surface area contributed by atoms with Gasteiger partial charge in [0.1, 0.15) is 5.82 Å². The first-order valence-corrected chi connectivity index (χ1v) is 6.23. The molecule has 1 fully saturated rings. The molecule has 0 radical (unpaired) electrons. The van der Waals surface area contributed by atoms with Crippen LogP contribution in [-0.4, -0.2) is 9.55 Å². The van der Waals surface area contributed by atoms with Gasteiger partial charge in [0, 0.05) is 18.9 Å². The second-order valence-electron chi connectivity index (χ2n) is 4.89. The SMILES string of the molecule is CCn1ccnc1C(NN)C1CCC(C)C1. The molecule has 3 N–H and O–H groups in total. The standard InChI is InChI=1S/C12H22N4/c1-3-16-7-6-14-12(16)11(15-13)10-5-4-9(2)8-10/h6-7,9-11,15H,3-5,8,13H2,1-2H3. The van der Waals surface area contributed by atoms with Gasteiger partial charge in [-0.1, -0.05) is 13.3 Å². The van der Waals surface area contributed by atoms with Crippen LogP contribution in [0.5, 0.6) is 0 Å². The molecule has 1 aromatic rings. The smallest absolute Gasteiger partial charge is 0.127 e. The summed E-state index contributed by atoms with van der Waals surface area (Å²) in [7, 11) is 0. The molecule has 90 valence electrons. The van der Waals surface area contributed by atoms with Gasteiger partial charge in [-0.15, -0.1) is 0 Å². The molecule has 0 spiro atoms. The minimum Gasteiger partial charge on any atom is -0.334 e. The molecule has 0 aromatic carbocycles. The van der Waals surface area contributed by atoms with E-state index in [4.69, 9.17) is 5.84 Å². The third kappa shape index (κ3) is 2.13. The molecule has 4 heteroatoms. The Labute approximate surface area is 97.2 Å². The molecule has 2 rings (SSSR count). The number of nitrogens with zero attached hydrogens (tertiary/aromatic N) is 2. The van der Waals surface area contributed by atoms with Gasteiger partial charge in [0.05, 0.1) is 6.04 Å². The molecule has 1 saturated carbocycles. The third-order valence-electron chi connectivity index (χ3n) is 3.75. The summed E-state index contributed by atoms with van der Waals surface area (Å²) < 4.78 is 2.17. The van der Waals surface area contributed by atoms with E-state index in [1.807, 2.05) is 12.4 Å². The fraction of sp³-hybridized carbons (Fsp3) is 0.750. The lowest BCUT2D eigenvalue weighted by Crippen LogP contribution is -2.34. The van der Waals surface area contributed by atoms with Crippen molar-refractivity contribution in [3.05, 3.63) is 18.2 Å². The van der Waals surface area contributed by atoms with Crippen molar-refractivity contribution >= 4 is 0 Å². The van der Waals surface area contributed by atoms with Gasteiger partial charge >= 0.3 is 0 Å². The Morgan fingerprint density at radius 1 is 1.62 bits per heavy atom. The van der Waals surface area contributed by atoms with Crippen molar-refractivity contribution in [2.45, 2.75) is 45.7 Å². The zero-order valence-corrected chi connectivity index (χ0v) is 10.2. The monoisotopic (exact) mass is 222 g/mol. The number of imidazole rings is 1. The van der Waals surface area contributed by atoms with Crippen molar-refractivity contribution in [2.75, 3.05) is 0 Å². The number of rotatable bonds is 4. The van der Waals surface area contributed by atoms with E-state index in [1.54, 1.807) is 0 Å². The first-order chi connectivity index (χ1) is 7.76. The maximum absolute atomic E-state index is 5.71. The fourth-order valence-corrected chi connectivity index (χ4v) is 2.84. The number of hydrazine groups is 1. The minimum atomic E-state index is 0.208. The van der Waals surface area contributed by atoms with E-state index in [0.717, 1.165) is 18.3 Å². The average Bonchev–Trinajstić information content (AvgIpc) is 2.89. The number of nitrogens with two attached hydrogens (primary N) is 1. The van der Waals surface area contributed by atoms with Crippen molar-refractivity contribution < 1.29 is 0 Å². The van der Waals surface area contributed by atoms with E-state index >= 15 is 0 Å². The number of aryl methyl sites for hydroxylation is 1. The van der Waals surface area contributed by atoms with Gasteiger partial charge < -0.3 is 4.57 Å². The molecule has 0 amide bonds. The Bertz CT molecular complexity index is 334. The second kappa shape index (κ2) is 4.97. The summed E-state index contributed by atoms with van der Waals surface area (Å²) in [4.78, 5) is 4.45. The Morgan fingerprint density at radius 3 is 3.00 bits per heavy atom. The van der Waals surface area contributed by atoms with Gasteiger partial charge in [-0.05, 0) is 31.6 Å². The molecule has 1 aromatic heterocycles. The van der Waals surface area contributed by atoms with Crippen LogP contribution in [0.3, 0.4) is 0 Å². The van der Waals surface area contributed by atoms with Gasteiger partial charge in [0.2, 0.25) is 0 Å². The minimum absolute atomic E-state index is 0.208. The number of hydrogen-bond donors (Lipinski definition) is 2. The van der Waals surface area contributed by atoms with Crippen molar-refractivity contribution in [1.82, 2.24) is 15.0 Å². The van der Waals surface area contributed by atoms with Crippen LogP contribution in [-0.2, 0) is 6.54 Å². The highest BCUT2D eigenvalue weighted by Crippen LogP contribution is 2.37. The maximum Gasteiger partial charge on any atom is 0.127 e. The highest BCUT2D eigenvalue weighted by atomic mass is 15.3. The molecule has 16 heavy (non-hydrogen) atoms. The van der Waals surface area contributed by atoms with Gasteiger partial charge in [0.15, 0.2) is 0 Å². The fourth-order valence-electron chi connectivity index (χ4n) is 2.84. The predicted molar refractivity (Wildman–Crippen MR) is 64.5 cm³/mol. The molecule has 0 saturated heterocycles. The predicted octanol–water partition coefficient (Wildman–Crippen LogP) is 1.84. The molecule has 3 atom stereocenters. The molecule has 0 aliphatic heterocycles. The Kier molecular flexibility index (Phi) is 3.61. The molecular formula is C12H22N4. The molecular weight excluding hydrogens is 200 g/mol. The first kappa shape index (κ1) is 11.6. The normalized spacial score (nSPS) is 27.2. The Balaban J connectivity index is 2.16. The van der Waals surface area contributed by atoms with Crippen LogP contribution >= 0.6 is 0 Å². The molecule has 3 unspecified atom stereocenters. The Hall–Kier alpha value is -0.870. The average molecular weight is 222 g/mol. The van der Waals surface area contributed by atoms with Crippen LogP contribution in [0.15, 0.2) is 12.4 Å². The van der Waals surface area contributed by atoms with Crippen LogP contribution in [0.4, 0.5) is 0 Å². The summed E-state index contributed by atoms with van der Waals surface area (Å²) in [5, 5.41) is 0. The lowest BCUT2D eigenvalue weighted by molar-refractivity contribution is 0.340. The van der Waals surface area contributed by atoms with E-state index in [2.05, 4.69) is 28.8 Å². The van der Waals surface area contributed by atoms with Gasteiger partial charge in [-0.2, -0.15) is 0 Å². The number of nitrogens with one attached hydrogen (secondary N) is 1. The summed E-state index contributed by atoms with van der Waals surface area (Å²) in [5.74, 6) is 8.25. The van der Waals surface area contributed by atoms with Gasteiger partial charge in [0.25, 0.3) is 0 Å². The quantitative estimate of drug-likeness (QED) is 0.604. The summed E-state index contributed by atoms with van der Waals surface area (Å²) in [6.45, 7) is 5.41. The summed E-state index contributed by atoms with van der Waals surface area (Å²) in [6, 6.07) is 0.208. The first-order valence-electron chi connectivity index (χ1n) is 6.23. The van der Waals surface area contributed by atoms with E-state index in [0.29, 0.717) is 5.92 Å². The molecule has 1 heterocycles. The van der Waals surface area contributed by atoms with Crippen LogP contribution in [0, 0.1) is 11.8 Å². The van der Waals surface area contributed by atoms with Crippen LogP contribution < -0.4 is 11.3 Å². The number of aromatic nitrogens is 2. The zero-order valence-electron chi connectivity index (χ0n) is 10.2. The van der Waals surface area contributed by atoms with Crippen molar-refractivity contribution in [3.63, 3.8) is 0 Å². The molecule has 0 bridgehead atoms. The molecule has 1 aliphatic rings. The second-order valence-corrected chi connectivity index (χ2v) is 4.89. The van der Waals surface area contributed by atoms with Gasteiger partial charge in [-0.25, -0.2) is 10.4 Å². The van der Waals surface area contributed by atoms with E-state index in [-0.39, 0.29) is 6.04 Å². The summed E-state index contributed by atoms with van der Waals surface area (Å²) >= 11 is 0. The lowest BCUT2D eigenvalue weighted by atomic mass is 9.96. The van der Waals surface area contributed by atoms with Crippen LogP contribution in [0.2, 0.25) is 0 Å². The maximum atomic E-state index is 5.71. The van der Waals surface area contributed by atoms with Crippen molar-refractivity contribution in [3.8, 4) is 0 Å². The zero-order chi connectivity index (χ0) is 11.5. The molecule has 1 aliphatic carbocycles.